The van der Waals surface area contributed by atoms with Crippen molar-refractivity contribution in [1.82, 2.24) is 0 Å². The molecule has 0 aromatic heterocycles. The fourth-order valence-corrected chi connectivity index (χ4v) is 4.89. The molecule has 1 saturated heterocycles. The van der Waals surface area contributed by atoms with E-state index in [0.717, 1.165) is 19.3 Å². The third kappa shape index (κ3) is 3.84. The van der Waals surface area contributed by atoms with Crippen LogP contribution in [0.25, 0.3) is 0 Å². The fourth-order valence-electron chi connectivity index (χ4n) is 3.33. The van der Waals surface area contributed by atoms with Crippen LogP contribution in [0.5, 0.6) is 0 Å². The van der Waals surface area contributed by atoms with Gasteiger partial charge < -0.3 is 11.1 Å². The van der Waals surface area contributed by atoms with E-state index < -0.39 is 15.6 Å². The van der Waals surface area contributed by atoms with E-state index in [2.05, 4.69) is 5.32 Å². The zero-order valence-corrected chi connectivity index (χ0v) is 15.2. The Kier molecular flexibility index (Phi) is 5.78. The quantitative estimate of drug-likeness (QED) is 0.849. The minimum Gasteiger partial charge on any atom is -0.324 e. The molecule has 24 heavy (non-hydrogen) atoms. The van der Waals surface area contributed by atoms with Crippen molar-refractivity contribution in [2.75, 3.05) is 21.9 Å². The van der Waals surface area contributed by atoms with E-state index in [1.807, 2.05) is 0 Å². The first-order chi connectivity index (χ1) is 10.9. The highest BCUT2D eigenvalue weighted by molar-refractivity contribution is 7.93. The lowest BCUT2D eigenvalue weighted by atomic mass is 9.82. The first-order valence-electron chi connectivity index (χ1n) is 8.12. The number of halogens is 1. The molecular weight excluding hydrogens is 350 g/mol. The van der Waals surface area contributed by atoms with E-state index in [9.17, 15) is 13.2 Å². The first kappa shape index (κ1) is 19.0. The number of anilines is 2. The minimum absolute atomic E-state index is 0. The van der Waals surface area contributed by atoms with Crippen LogP contribution in [-0.4, -0.2) is 32.2 Å². The minimum atomic E-state index is -3.22. The number of nitrogens with two attached hydrogens (primary N) is 1. The Balaban J connectivity index is 0.00000208. The van der Waals surface area contributed by atoms with E-state index >= 15 is 0 Å². The average Bonchev–Trinajstić information content (AvgIpc) is 2.87. The normalized spacial score (nSPS) is 21.8. The van der Waals surface area contributed by atoms with Gasteiger partial charge in [-0.05, 0) is 37.5 Å². The van der Waals surface area contributed by atoms with Gasteiger partial charge in [0.2, 0.25) is 15.9 Å². The number of sulfonamides is 1. The van der Waals surface area contributed by atoms with Gasteiger partial charge in [0.15, 0.2) is 0 Å². The van der Waals surface area contributed by atoms with Crippen LogP contribution in [0.1, 0.15) is 38.5 Å². The van der Waals surface area contributed by atoms with Crippen molar-refractivity contribution in [3.05, 3.63) is 24.3 Å². The van der Waals surface area contributed by atoms with Crippen LogP contribution in [0, 0.1) is 0 Å². The molecule has 1 aromatic rings. The topological polar surface area (TPSA) is 92.5 Å². The zero-order valence-electron chi connectivity index (χ0n) is 13.5. The van der Waals surface area contributed by atoms with Crippen LogP contribution in [0.15, 0.2) is 24.3 Å². The largest absolute Gasteiger partial charge is 0.324 e. The lowest BCUT2D eigenvalue weighted by molar-refractivity contribution is -0.122. The van der Waals surface area contributed by atoms with Crippen molar-refractivity contribution < 1.29 is 13.2 Å². The summed E-state index contributed by atoms with van der Waals surface area (Å²) in [5, 5.41) is 2.86. The number of carbonyl (C=O) groups is 1. The van der Waals surface area contributed by atoms with Crippen molar-refractivity contribution in [1.29, 1.82) is 0 Å². The molecular formula is C16H24ClN3O3S. The molecule has 0 bridgehead atoms. The molecule has 8 heteroatoms. The Morgan fingerprint density at radius 2 is 1.88 bits per heavy atom. The average molecular weight is 374 g/mol. The van der Waals surface area contributed by atoms with Gasteiger partial charge in [-0.2, -0.15) is 0 Å². The molecule has 134 valence electrons. The molecule has 1 aliphatic carbocycles. The van der Waals surface area contributed by atoms with Crippen molar-refractivity contribution in [2.45, 2.75) is 44.1 Å². The Morgan fingerprint density at radius 3 is 2.50 bits per heavy atom. The highest BCUT2D eigenvalue weighted by atomic mass is 35.5. The van der Waals surface area contributed by atoms with Crippen LogP contribution in [0.3, 0.4) is 0 Å². The Hall–Kier alpha value is -1.31. The highest BCUT2D eigenvalue weighted by Gasteiger charge is 2.35. The summed E-state index contributed by atoms with van der Waals surface area (Å²) < 4.78 is 25.4. The van der Waals surface area contributed by atoms with Crippen LogP contribution in [-0.2, 0) is 14.8 Å². The summed E-state index contributed by atoms with van der Waals surface area (Å²) in [7, 11) is -3.22. The Bertz CT molecular complexity index is 702. The van der Waals surface area contributed by atoms with Gasteiger partial charge >= 0.3 is 0 Å². The second-order valence-electron chi connectivity index (χ2n) is 6.46. The predicted octanol–water partition coefficient (Wildman–Crippen LogP) is 2.25. The lowest BCUT2D eigenvalue weighted by Crippen LogP contribution is -2.52. The van der Waals surface area contributed by atoms with E-state index in [1.54, 1.807) is 24.3 Å². The summed E-state index contributed by atoms with van der Waals surface area (Å²) in [5.41, 5.74) is 6.60. The summed E-state index contributed by atoms with van der Waals surface area (Å²) in [6, 6.07) is 6.96. The third-order valence-corrected chi connectivity index (χ3v) is 6.56. The molecule has 1 saturated carbocycles. The van der Waals surface area contributed by atoms with Crippen molar-refractivity contribution in [2.24, 2.45) is 5.73 Å². The molecule has 2 fully saturated rings. The Labute approximate surface area is 149 Å². The summed E-state index contributed by atoms with van der Waals surface area (Å²) in [5.74, 6) is -0.00574. The monoisotopic (exact) mass is 373 g/mol. The molecule has 1 heterocycles. The smallest absolute Gasteiger partial charge is 0.244 e. The lowest BCUT2D eigenvalue weighted by Gasteiger charge is -2.31. The third-order valence-electron chi connectivity index (χ3n) is 4.69. The maximum atomic E-state index is 12.5. The maximum Gasteiger partial charge on any atom is 0.244 e. The highest BCUT2D eigenvalue weighted by Crippen LogP contribution is 2.29. The standard InChI is InChI=1S/C16H23N3O3S.ClH/c17-16(8-2-1-3-9-16)15(20)18-13-6-4-7-14(12-13)19-10-5-11-23(19,21)22;/h4,6-7,12H,1-3,5,8-11,17H2,(H,18,20);1H. The van der Waals surface area contributed by atoms with Gasteiger partial charge in [-0.3, -0.25) is 9.10 Å². The summed E-state index contributed by atoms with van der Waals surface area (Å²) in [4.78, 5) is 12.5. The number of carbonyl (C=O) groups excluding carboxylic acids is 1. The van der Waals surface area contributed by atoms with E-state index in [-0.39, 0.29) is 24.1 Å². The van der Waals surface area contributed by atoms with E-state index in [4.69, 9.17) is 5.73 Å². The number of benzene rings is 1. The number of nitrogens with one attached hydrogen (secondary N) is 1. The van der Waals surface area contributed by atoms with Crippen LogP contribution >= 0.6 is 12.4 Å². The van der Waals surface area contributed by atoms with Crippen LogP contribution < -0.4 is 15.4 Å². The predicted molar refractivity (Wildman–Crippen MR) is 98.1 cm³/mol. The molecule has 1 aromatic carbocycles. The van der Waals surface area contributed by atoms with E-state index in [0.29, 0.717) is 37.2 Å². The molecule has 0 atom stereocenters. The number of amides is 1. The van der Waals surface area contributed by atoms with Crippen LogP contribution in [0.4, 0.5) is 11.4 Å². The molecule has 0 radical (unpaired) electrons. The van der Waals surface area contributed by atoms with Crippen LogP contribution in [0.2, 0.25) is 0 Å². The summed E-state index contributed by atoms with van der Waals surface area (Å²) in [6.45, 7) is 0.487. The summed E-state index contributed by atoms with van der Waals surface area (Å²) in [6.07, 6.45) is 5.07. The van der Waals surface area contributed by atoms with Crippen molar-refractivity contribution in [3.63, 3.8) is 0 Å². The Morgan fingerprint density at radius 1 is 1.17 bits per heavy atom. The molecule has 1 aliphatic heterocycles. The first-order valence-corrected chi connectivity index (χ1v) is 9.72. The van der Waals surface area contributed by atoms with Gasteiger partial charge in [0.1, 0.15) is 0 Å². The maximum absolute atomic E-state index is 12.5. The zero-order chi connectivity index (χ0) is 16.5. The molecule has 3 rings (SSSR count). The molecule has 0 unspecified atom stereocenters. The number of rotatable bonds is 3. The molecule has 0 spiro atoms. The second-order valence-corrected chi connectivity index (χ2v) is 8.48. The fraction of sp³-hybridized carbons (Fsp3) is 0.562. The van der Waals surface area contributed by atoms with Gasteiger partial charge in [0.05, 0.1) is 17.0 Å². The van der Waals surface area contributed by atoms with Gasteiger partial charge in [-0.1, -0.05) is 25.3 Å². The number of nitrogens with zero attached hydrogens (tertiary/aromatic N) is 1. The van der Waals surface area contributed by atoms with E-state index in [1.165, 1.54) is 4.31 Å². The van der Waals surface area contributed by atoms with Gasteiger partial charge in [-0.15, -0.1) is 12.4 Å². The molecule has 3 N–H and O–H groups in total. The van der Waals surface area contributed by atoms with Gasteiger partial charge in [-0.25, -0.2) is 8.42 Å². The van der Waals surface area contributed by atoms with Gasteiger partial charge in [0.25, 0.3) is 0 Å². The van der Waals surface area contributed by atoms with Crippen molar-refractivity contribution >= 4 is 39.7 Å². The number of hydrogen-bond acceptors (Lipinski definition) is 4. The molecule has 2 aliphatic rings. The van der Waals surface area contributed by atoms with Crippen molar-refractivity contribution in [3.8, 4) is 0 Å². The summed E-state index contributed by atoms with van der Waals surface area (Å²) >= 11 is 0. The number of hydrogen-bond donors (Lipinski definition) is 2. The molecule has 6 nitrogen and oxygen atoms in total. The second kappa shape index (κ2) is 7.29. The SMILES string of the molecule is Cl.NC1(C(=O)Nc2cccc(N3CCCS3(=O)=O)c2)CCCCC1. The molecule has 1 amide bonds. The van der Waals surface area contributed by atoms with Gasteiger partial charge in [0, 0.05) is 12.2 Å².